The summed E-state index contributed by atoms with van der Waals surface area (Å²) in [5, 5.41) is 3.82. The first-order chi connectivity index (χ1) is 12.4. The zero-order valence-corrected chi connectivity index (χ0v) is 17.3. The average Bonchev–Trinajstić information content (AvgIpc) is 3.05. The number of imidazole rings is 1. The van der Waals surface area contributed by atoms with Crippen molar-refractivity contribution in [2.45, 2.75) is 25.9 Å². The number of hydrogen-bond donors (Lipinski definition) is 1. The van der Waals surface area contributed by atoms with Crippen LogP contribution in [0, 0.1) is 20.8 Å². The number of nitrogens with zero attached hydrogens (tertiary/aromatic N) is 2. The van der Waals surface area contributed by atoms with E-state index in [4.69, 9.17) is 0 Å². The normalized spacial score (nSPS) is 10.8. The Kier molecular flexibility index (Phi) is 5.84. The summed E-state index contributed by atoms with van der Waals surface area (Å²) in [6.45, 7) is 6.09. The van der Waals surface area contributed by atoms with Gasteiger partial charge in [0.05, 0.1) is 5.75 Å². The van der Waals surface area contributed by atoms with Gasteiger partial charge in [0.25, 0.3) is 0 Å². The minimum absolute atomic E-state index is 0.0320. The van der Waals surface area contributed by atoms with Gasteiger partial charge in [-0.1, -0.05) is 45.4 Å². The first kappa shape index (κ1) is 18.7. The lowest BCUT2D eigenvalue weighted by molar-refractivity contribution is -0.113. The van der Waals surface area contributed by atoms with Crippen molar-refractivity contribution >= 4 is 39.3 Å². The lowest BCUT2D eigenvalue weighted by Gasteiger charge is -2.13. The third-order valence-electron chi connectivity index (χ3n) is 3.99. The van der Waals surface area contributed by atoms with Gasteiger partial charge in [0.1, 0.15) is 0 Å². The highest BCUT2D eigenvalue weighted by molar-refractivity contribution is 9.10. The second-order valence-corrected chi connectivity index (χ2v) is 8.02. The molecule has 1 heterocycles. The molecule has 0 atom stereocenters. The van der Waals surface area contributed by atoms with Crippen LogP contribution in [0.4, 0.5) is 5.69 Å². The van der Waals surface area contributed by atoms with Crippen LogP contribution in [0.3, 0.4) is 0 Å². The smallest absolute Gasteiger partial charge is 0.234 e. The monoisotopic (exact) mass is 429 g/mol. The number of aromatic nitrogens is 2. The fraction of sp³-hybridized carbons (Fsp3) is 0.200. The number of nitrogens with one attached hydrogen (secondary N) is 1. The molecule has 26 heavy (non-hydrogen) atoms. The van der Waals surface area contributed by atoms with Gasteiger partial charge < -0.3 is 5.32 Å². The number of halogens is 1. The van der Waals surface area contributed by atoms with Crippen LogP contribution in [-0.4, -0.2) is 21.2 Å². The van der Waals surface area contributed by atoms with Crippen molar-refractivity contribution in [1.29, 1.82) is 0 Å². The molecule has 0 bridgehead atoms. The minimum atomic E-state index is -0.0320. The number of carbonyl (C=O) groups excluding carboxylic acids is 1. The number of amides is 1. The lowest BCUT2D eigenvalue weighted by atomic mass is 10.1. The molecule has 1 aromatic heterocycles. The molecule has 134 valence electrons. The topological polar surface area (TPSA) is 46.9 Å². The van der Waals surface area contributed by atoms with E-state index in [1.807, 2.05) is 48.9 Å². The highest BCUT2D eigenvalue weighted by atomic mass is 79.9. The molecule has 1 amide bonds. The number of rotatable bonds is 5. The van der Waals surface area contributed by atoms with Crippen LogP contribution in [0.15, 0.2) is 58.4 Å². The van der Waals surface area contributed by atoms with Gasteiger partial charge >= 0.3 is 0 Å². The Balaban J connectivity index is 1.68. The Morgan fingerprint density at radius 1 is 1.15 bits per heavy atom. The summed E-state index contributed by atoms with van der Waals surface area (Å²) in [4.78, 5) is 16.8. The molecule has 0 fully saturated rings. The summed E-state index contributed by atoms with van der Waals surface area (Å²) >= 11 is 4.86. The molecule has 3 aromatic rings. The van der Waals surface area contributed by atoms with Crippen molar-refractivity contribution in [2.24, 2.45) is 0 Å². The third kappa shape index (κ3) is 4.37. The Morgan fingerprint density at radius 3 is 2.46 bits per heavy atom. The molecule has 1 N–H and O–H groups in total. The SMILES string of the molecule is Cc1cc(C)c(NC(=O)CSc2nccn2-c2ccc(Br)cc2)c(C)c1. The predicted molar refractivity (Wildman–Crippen MR) is 111 cm³/mol. The van der Waals surface area contributed by atoms with Crippen molar-refractivity contribution < 1.29 is 4.79 Å². The van der Waals surface area contributed by atoms with Gasteiger partial charge in [-0.3, -0.25) is 9.36 Å². The van der Waals surface area contributed by atoms with E-state index in [1.165, 1.54) is 17.3 Å². The van der Waals surface area contributed by atoms with E-state index in [9.17, 15) is 4.79 Å². The number of benzene rings is 2. The number of carbonyl (C=O) groups is 1. The van der Waals surface area contributed by atoms with E-state index in [1.54, 1.807) is 6.20 Å². The van der Waals surface area contributed by atoms with Gasteiger partial charge in [-0.25, -0.2) is 4.98 Å². The standard InChI is InChI=1S/C20H20BrN3OS/c1-13-10-14(2)19(15(3)11-13)23-18(25)12-26-20-22-8-9-24(20)17-6-4-16(21)5-7-17/h4-11H,12H2,1-3H3,(H,23,25). The molecule has 0 aliphatic rings. The van der Waals surface area contributed by atoms with Crippen molar-refractivity contribution in [3.63, 3.8) is 0 Å². The molecule has 0 saturated heterocycles. The van der Waals surface area contributed by atoms with Crippen LogP contribution in [-0.2, 0) is 4.79 Å². The molecule has 0 spiro atoms. The summed E-state index contributed by atoms with van der Waals surface area (Å²) in [5.41, 5.74) is 5.27. The molecule has 0 unspecified atom stereocenters. The van der Waals surface area contributed by atoms with E-state index >= 15 is 0 Å². The van der Waals surface area contributed by atoms with Gasteiger partial charge in [-0.2, -0.15) is 0 Å². The van der Waals surface area contributed by atoms with E-state index in [0.29, 0.717) is 5.75 Å². The van der Waals surface area contributed by atoms with E-state index in [0.717, 1.165) is 32.1 Å². The molecule has 4 nitrogen and oxygen atoms in total. The maximum Gasteiger partial charge on any atom is 0.234 e. The van der Waals surface area contributed by atoms with Gasteiger partial charge in [-0.05, 0) is 56.2 Å². The molecular weight excluding hydrogens is 410 g/mol. The summed E-state index contributed by atoms with van der Waals surface area (Å²) < 4.78 is 3.01. The fourth-order valence-corrected chi connectivity index (χ4v) is 3.91. The maximum absolute atomic E-state index is 12.4. The highest BCUT2D eigenvalue weighted by Crippen LogP contribution is 2.24. The lowest BCUT2D eigenvalue weighted by Crippen LogP contribution is -2.16. The summed E-state index contributed by atoms with van der Waals surface area (Å²) in [6, 6.07) is 12.1. The minimum Gasteiger partial charge on any atom is -0.325 e. The van der Waals surface area contributed by atoms with Crippen LogP contribution < -0.4 is 5.32 Å². The third-order valence-corrected chi connectivity index (χ3v) is 5.48. The van der Waals surface area contributed by atoms with E-state index < -0.39 is 0 Å². The summed E-state index contributed by atoms with van der Waals surface area (Å²) in [6.07, 6.45) is 3.65. The largest absolute Gasteiger partial charge is 0.325 e. The number of aryl methyl sites for hydroxylation is 3. The van der Waals surface area contributed by atoms with Gasteiger partial charge in [0.2, 0.25) is 5.91 Å². The van der Waals surface area contributed by atoms with Crippen LogP contribution >= 0.6 is 27.7 Å². The Morgan fingerprint density at radius 2 is 1.81 bits per heavy atom. The second kappa shape index (κ2) is 8.10. The number of hydrogen-bond acceptors (Lipinski definition) is 3. The van der Waals surface area contributed by atoms with Crippen LogP contribution in [0.5, 0.6) is 0 Å². The summed E-state index contributed by atoms with van der Waals surface area (Å²) in [7, 11) is 0. The first-order valence-corrected chi connectivity index (χ1v) is 10.0. The van der Waals surface area contributed by atoms with Crippen molar-refractivity contribution in [1.82, 2.24) is 9.55 Å². The molecule has 0 aliphatic heterocycles. The zero-order valence-electron chi connectivity index (χ0n) is 14.9. The Labute approximate surface area is 166 Å². The quantitative estimate of drug-likeness (QED) is 0.560. The van der Waals surface area contributed by atoms with Gasteiger partial charge in [-0.15, -0.1) is 0 Å². The number of anilines is 1. The van der Waals surface area contributed by atoms with E-state index in [-0.39, 0.29) is 5.91 Å². The van der Waals surface area contributed by atoms with E-state index in [2.05, 4.69) is 45.3 Å². The molecule has 2 aromatic carbocycles. The van der Waals surface area contributed by atoms with Crippen LogP contribution in [0.2, 0.25) is 0 Å². The van der Waals surface area contributed by atoms with Crippen molar-refractivity contribution in [3.05, 3.63) is 70.0 Å². The highest BCUT2D eigenvalue weighted by Gasteiger charge is 2.12. The molecule has 6 heteroatoms. The van der Waals surface area contributed by atoms with Crippen LogP contribution in [0.1, 0.15) is 16.7 Å². The predicted octanol–water partition coefficient (Wildman–Crippen LogP) is 5.29. The van der Waals surface area contributed by atoms with Gasteiger partial charge in [0, 0.05) is 28.2 Å². The Bertz CT molecular complexity index is 911. The molecule has 0 radical (unpaired) electrons. The number of thioether (sulfide) groups is 1. The molecule has 3 rings (SSSR count). The fourth-order valence-electron chi connectivity index (χ4n) is 2.88. The maximum atomic E-state index is 12.4. The molecular formula is C20H20BrN3OS. The zero-order chi connectivity index (χ0) is 18.7. The Hall–Kier alpha value is -2.05. The molecule has 0 aliphatic carbocycles. The van der Waals surface area contributed by atoms with Gasteiger partial charge in [0.15, 0.2) is 5.16 Å². The second-order valence-electron chi connectivity index (χ2n) is 6.17. The average molecular weight is 430 g/mol. The molecule has 0 saturated carbocycles. The van der Waals surface area contributed by atoms with Crippen molar-refractivity contribution in [2.75, 3.05) is 11.1 Å². The summed E-state index contributed by atoms with van der Waals surface area (Å²) in [5.74, 6) is 0.274. The van der Waals surface area contributed by atoms with Crippen LogP contribution in [0.25, 0.3) is 5.69 Å². The van der Waals surface area contributed by atoms with Crippen molar-refractivity contribution in [3.8, 4) is 5.69 Å². The first-order valence-electron chi connectivity index (χ1n) is 8.24.